The molecule has 2 rings (SSSR count). The first-order valence-electron chi connectivity index (χ1n) is 6.68. The summed E-state index contributed by atoms with van der Waals surface area (Å²) in [6, 6.07) is 7.56. The van der Waals surface area contributed by atoms with Crippen LogP contribution in [0.2, 0.25) is 0 Å². The molecule has 0 atom stereocenters. The summed E-state index contributed by atoms with van der Waals surface area (Å²) in [5, 5.41) is 7.91. The minimum Gasteiger partial charge on any atom is -0.497 e. The zero-order chi connectivity index (χ0) is 16.8. The first-order valence-corrected chi connectivity index (χ1v) is 6.68. The summed E-state index contributed by atoms with van der Waals surface area (Å²) in [4.78, 5) is 0. The smallest absolute Gasteiger partial charge is 0.203 e. The van der Waals surface area contributed by atoms with Gasteiger partial charge in [-0.3, -0.25) is 0 Å². The molecule has 0 unspecified atom stereocenters. The Bertz CT molecular complexity index is 694. The average molecular weight is 320 g/mol. The van der Waals surface area contributed by atoms with E-state index in [1.165, 1.54) is 40.6 Å². The SMILES string of the molecule is COc1ccc(/N=N/c2cc(OC)c(OC)c(OC)c2)c(F)c1. The Morgan fingerprint density at radius 1 is 0.783 bits per heavy atom. The van der Waals surface area contributed by atoms with Gasteiger partial charge in [0.2, 0.25) is 5.75 Å². The summed E-state index contributed by atoms with van der Waals surface area (Å²) in [6.07, 6.45) is 0. The van der Waals surface area contributed by atoms with Crippen molar-refractivity contribution in [2.45, 2.75) is 0 Å². The van der Waals surface area contributed by atoms with Crippen molar-refractivity contribution in [3.05, 3.63) is 36.1 Å². The second kappa shape index (κ2) is 7.44. The van der Waals surface area contributed by atoms with Crippen molar-refractivity contribution in [1.29, 1.82) is 0 Å². The lowest BCUT2D eigenvalue weighted by molar-refractivity contribution is 0.324. The normalized spacial score (nSPS) is 10.7. The molecule has 0 aromatic heterocycles. The Kier molecular flexibility index (Phi) is 5.35. The third-order valence-electron chi connectivity index (χ3n) is 3.08. The van der Waals surface area contributed by atoms with E-state index < -0.39 is 5.82 Å². The standard InChI is InChI=1S/C16H17FN2O4/c1-20-11-5-6-13(12(17)9-11)19-18-10-7-14(21-2)16(23-4)15(8-10)22-3/h5-9H,1-4H3/b19-18+. The second-order valence-electron chi connectivity index (χ2n) is 4.40. The second-order valence-corrected chi connectivity index (χ2v) is 4.40. The van der Waals surface area contributed by atoms with Crippen LogP contribution in [0.1, 0.15) is 0 Å². The third-order valence-corrected chi connectivity index (χ3v) is 3.08. The molecule has 0 aliphatic heterocycles. The van der Waals surface area contributed by atoms with Gasteiger partial charge in [0.15, 0.2) is 17.3 Å². The minimum atomic E-state index is -0.527. The predicted molar refractivity (Wildman–Crippen MR) is 83.2 cm³/mol. The van der Waals surface area contributed by atoms with E-state index in [9.17, 15) is 4.39 Å². The zero-order valence-electron chi connectivity index (χ0n) is 13.3. The van der Waals surface area contributed by atoms with Crippen LogP contribution in [0.5, 0.6) is 23.0 Å². The molecule has 0 saturated heterocycles. The largest absolute Gasteiger partial charge is 0.497 e. The Labute approximate surface area is 133 Å². The van der Waals surface area contributed by atoms with Crippen LogP contribution in [0.3, 0.4) is 0 Å². The fourth-order valence-electron chi connectivity index (χ4n) is 1.93. The zero-order valence-corrected chi connectivity index (χ0v) is 13.3. The van der Waals surface area contributed by atoms with Crippen LogP contribution in [0, 0.1) is 5.82 Å². The number of ether oxygens (including phenoxy) is 4. The summed E-state index contributed by atoms with van der Waals surface area (Å²) in [6.45, 7) is 0. The van der Waals surface area contributed by atoms with Crippen molar-refractivity contribution in [2.75, 3.05) is 28.4 Å². The molecule has 0 spiro atoms. The molecule has 7 heteroatoms. The highest BCUT2D eigenvalue weighted by Gasteiger charge is 2.13. The molecule has 0 aliphatic rings. The van der Waals surface area contributed by atoms with Crippen molar-refractivity contribution in [1.82, 2.24) is 0 Å². The predicted octanol–water partition coefficient (Wildman–Crippen LogP) is 4.28. The Hall–Kier alpha value is -2.83. The molecule has 0 bridgehead atoms. The van der Waals surface area contributed by atoms with Gasteiger partial charge >= 0.3 is 0 Å². The fourth-order valence-corrected chi connectivity index (χ4v) is 1.93. The van der Waals surface area contributed by atoms with E-state index in [0.29, 0.717) is 28.7 Å². The van der Waals surface area contributed by atoms with Crippen molar-refractivity contribution in [3.63, 3.8) is 0 Å². The summed E-state index contributed by atoms with van der Waals surface area (Å²) in [5.74, 6) is 1.21. The molecule has 0 radical (unpaired) electrons. The number of hydrogen-bond donors (Lipinski definition) is 0. The number of azo groups is 1. The topological polar surface area (TPSA) is 61.6 Å². The van der Waals surface area contributed by atoms with Gasteiger partial charge in [-0.1, -0.05) is 0 Å². The lowest BCUT2D eigenvalue weighted by Crippen LogP contribution is -1.94. The van der Waals surface area contributed by atoms with Gasteiger partial charge in [-0.05, 0) is 12.1 Å². The molecule has 6 nitrogen and oxygen atoms in total. The molecule has 0 aliphatic carbocycles. The summed E-state index contributed by atoms with van der Waals surface area (Å²) < 4.78 is 34.5. The van der Waals surface area contributed by atoms with Gasteiger partial charge in [0, 0.05) is 18.2 Å². The van der Waals surface area contributed by atoms with Gasteiger partial charge < -0.3 is 18.9 Å². The van der Waals surface area contributed by atoms with Crippen molar-refractivity contribution < 1.29 is 23.3 Å². The summed E-state index contributed by atoms with van der Waals surface area (Å²) in [7, 11) is 5.98. The number of halogens is 1. The Balaban J connectivity index is 2.36. The van der Waals surface area contributed by atoms with Crippen LogP contribution >= 0.6 is 0 Å². The number of nitrogens with zero attached hydrogens (tertiary/aromatic N) is 2. The number of rotatable bonds is 6. The minimum absolute atomic E-state index is 0.0968. The number of methoxy groups -OCH3 is 4. The lowest BCUT2D eigenvalue weighted by Gasteiger charge is -2.12. The fraction of sp³-hybridized carbons (Fsp3) is 0.250. The van der Waals surface area contributed by atoms with Crippen molar-refractivity contribution >= 4 is 11.4 Å². The van der Waals surface area contributed by atoms with Crippen LogP contribution < -0.4 is 18.9 Å². The van der Waals surface area contributed by atoms with Gasteiger partial charge in [-0.25, -0.2) is 4.39 Å². The molecule has 0 amide bonds. The lowest BCUT2D eigenvalue weighted by atomic mass is 10.2. The van der Waals surface area contributed by atoms with E-state index >= 15 is 0 Å². The molecule has 0 heterocycles. The molecule has 23 heavy (non-hydrogen) atoms. The maximum absolute atomic E-state index is 13.8. The van der Waals surface area contributed by atoms with Crippen LogP contribution in [0.4, 0.5) is 15.8 Å². The van der Waals surface area contributed by atoms with Crippen LogP contribution in [-0.2, 0) is 0 Å². The van der Waals surface area contributed by atoms with E-state index in [-0.39, 0.29) is 5.69 Å². The highest BCUT2D eigenvalue weighted by Crippen LogP contribution is 2.41. The van der Waals surface area contributed by atoms with Crippen molar-refractivity contribution in [3.8, 4) is 23.0 Å². The molecule has 0 N–H and O–H groups in total. The highest BCUT2D eigenvalue weighted by molar-refractivity contribution is 5.60. The number of benzene rings is 2. The maximum Gasteiger partial charge on any atom is 0.203 e. The van der Waals surface area contributed by atoms with Gasteiger partial charge in [0.1, 0.15) is 11.4 Å². The molecule has 122 valence electrons. The summed E-state index contributed by atoms with van der Waals surface area (Å²) >= 11 is 0. The molecule has 0 saturated carbocycles. The van der Waals surface area contributed by atoms with Gasteiger partial charge in [0.25, 0.3) is 0 Å². The summed E-state index contributed by atoms with van der Waals surface area (Å²) in [5.41, 5.74) is 0.536. The van der Waals surface area contributed by atoms with Crippen molar-refractivity contribution in [2.24, 2.45) is 10.2 Å². The van der Waals surface area contributed by atoms with E-state index in [2.05, 4.69) is 10.2 Å². The van der Waals surface area contributed by atoms with E-state index in [1.54, 1.807) is 18.2 Å². The average Bonchev–Trinajstić information content (AvgIpc) is 2.59. The first kappa shape index (κ1) is 16.5. The molecule has 0 fully saturated rings. The van der Waals surface area contributed by atoms with Gasteiger partial charge in [-0.15, -0.1) is 5.11 Å². The molecular weight excluding hydrogens is 303 g/mol. The third kappa shape index (κ3) is 3.68. The quantitative estimate of drug-likeness (QED) is 0.745. The first-order chi connectivity index (χ1) is 11.1. The van der Waals surface area contributed by atoms with E-state index in [1.807, 2.05) is 0 Å². The van der Waals surface area contributed by atoms with Gasteiger partial charge in [0.05, 0.1) is 34.1 Å². The highest BCUT2D eigenvalue weighted by atomic mass is 19.1. The van der Waals surface area contributed by atoms with Gasteiger partial charge in [-0.2, -0.15) is 5.11 Å². The van der Waals surface area contributed by atoms with E-state index in [4.69, 9.17) is 18.9 Å². The monoisotopic (exact) mass is 320 g/mol. The Morgan fingerprint density at radius 3 is 1.91 bits per heavy atom. The Morgan fingerprint density at radius 2 is 1.43 bits per heavy atom. The molecular formula is C16H17FN2O4. The maximum atomic E-state index is 13.8. The van der Waals surface area contributed by atoms with Crippen LogP contribution in [0.25, 0.3) is 0 Å². The van der Waals surface area contributed by atoms with Crippen LogP contribution in [0.15, 0.2) is 40.6 Å². The molecule has 2 aromatic carbocycles. The van der Waals surface area contributed by atoms with E-state index in [0.717, 1.165) is 0 Å². The van der Waals surface area contributed by atoms with Crippen LogP contribution in [-0.4, -0.2) is 28.4 Å². The number of hydrogen-bond acceptors (Lipinski definition) is 6. The molecule has 2 aromatic rings.